The highest BCUT2D eigenvalue weighted by atomic mass is 16.2. The Kier molecular flexibility index (Phi) is 5.20. The van der Waals surface area contributed by atoms with Crippen LogP contribution in [0.1, 0.15) is 42.6 Å². The Morgan fingerprint density at radius 2 is 2.19 bits per heavy atom. The van der Waals surface area contributed by atoms with E-state index in [0.29, 0.717) is 18.5 Å². The fourth-order valence-corrected chi connectivity index (χ4v) is 2.29. The summed E-state index contributed by atoms with van der Waals surface area (Å²) in [4.78, 5) is 23.7. The van der Waals surface area contributed by atoms with E-state index in [1.54, 1.807) is 0 Å². The average Bonchev–Trinajstić information content (AvgIpc) is 2.94. The first-order valence-electron chi connectivity index (χ1n) is 7.54. The van der Waals surface area contributed by atoms with Crippen LogP contribution in [-0.2, 0) is 11.2 Å². The van der Waals surface area contributed by atoms with E-state index in [9.17, 15) is 9.59 Å². The Balaban J connectivity index is 1.78. The predicted octanol–water partition coefficient (Wildman–Crippen LogP) is 1.69. The molecule has 0 aromatic heterocycles. The quantitative estimate of drug-likeness (QED) is 0.746. The molecule has 2 rings (SSSR count). The minimum atomic E-state index is -0.124. The number of amides is 2. The van der Waals surface area contributed by atoms with Crippen molar-refractivity contribution in [3.05, 3.63) is 29.3 Å². The van der Waals surface area contributed by atoms with Crippen molar-refractivity contribution in [3.63, 3.8) is 0 Å². The average molecular weight is 289 g/mol. The first-order valence-corrected chi connectivity index (χ1v) is 7.54. The third-order valence-electron chi connectivity index (χ3n) is 3.73. The summed E-state index contributed by atoms with van der Waals surface area (Å²) in [6, 6.07) is 5.85. The molecule has 0 fully saturated rings. The van der Waals surface area contributed by atoms with Gasteiger partial charge < -0.3 is 16.0 Å². The number of carbonyl (C=O) groups is 2. The summed E-state index contributed by atoms with van der Waals surface area (Å²) in [6.45, 7) is 5.27. The van der Waals surface area contributed by atoms with Crippen LogP contribution in [0.15, 0.2) is 18.2 Å². The normalized spacial score (nSPS) is 14.0. The van der Waals surface area contributed by atoms with Crippen LogP contribution in [0, 0.1) is 0 Å². The molecule has 0 saturated carbocycles. The second-order valence-electron chi connectivity index (χ2n) is 5.43. The largest absolute Gasteiger partial charge is 0.384 e. The summed E-state index contributed by atoms with van der Waals surface area (Å²) >= 11 is 0. The SMILES string of the molecule is CCC(C)NC(=O)CCNC(=O)c1ccc2c(c1)CCN2. The number of benzene rings is 1. The molecule has 0 saturated heterocycles. The summed E-state index contributed by atoms with van der Waals surface area (Å²) in [7, 11) is 0. The van der Waals surface area contributed by atoms with Crippen molar-refractivity contribution in [2.45, 2.75) is 39.2 Å². The van der Waals surface area contributed by atoms with E-state index in [1.165, 1.54) is 5.56 Å². The fraction of sp³-hybridized carbons (Fsp3) is 0.500. The molecule has 1 aliphatic rings. The maximum Gasteiger partial charge on any atom is 0.251 e. The van der Waals surface area contributed by atoms with E-state index in [-0.39, 0.29) is 17.9 Å². The van der Waals surface area contributed by atoms with Crippen LogP contribution < -0.4 is 16.0 Å². The number of carbonyl (C=O) groups excluding carboxylic acids is 2. The van der Waals surface area contributed by atoms with Gasteiger partial charge in [0, 0.05) is 36.8 Å². The van der Waals surface area contributed by atoms with Crippen LogP contribution in [-0.4, -0.2) is 30.9 Å². The van der Waals surface area contributed by atoms with Gasteiger partial charge in [0.15, 0.2) is 0 Å². The third-order valence-corrected chi connectivity index (χ3v) is 3.73. The first-order chi connectivity index (χ1) is 10.1. The minimum Gasteiger partial charge on any atom is -0.384 e. The van der Waals surface area contributed by atoms with Crippen molar-refractivity contribution in [1.29, 1.82) is 0 Å². The van der Waals surface area contributed by atoms with Gasteiger partial charge >= 0.3 is 0 Å². The molecule has 0 bridgehead atoms. The molecular weight excluding hydrogens is 266 g/mol. The van der Waals surface area contributed by atoms with E-state index in [0.717, 1.165) is 25.1 Å². The van der Waals surface area contributed by atoms with Gasteiger partial charge in [0.25, 0.3) is 5.91 Å². The Morgan fingerprint density at radius 3 is 2.95 bits per heavy atom. The Labute approximate surface area is 125 Å². The van der Waals surface area contributed by atoms with Gasteiger partial charge in [-0.1, -0.05) is 6.92 Å². The van der Waals surface area contributed by atoms with Crippen LogP contribution in [0.4, 0.5) is 5.69 Å². The Morgan fingerprint density at radius 1 is 1.38 bits per heavy atom. The van der Waals surface area contributed by atoms with E-state index >= 15 is 0 Å². The summed E-state index contributed by atoms with van der Waals surface area (Å²) in [6.07, 6.45) is 2.16. The lowest BCUT2D eigenvalue weighted by atomic mass is 10.1. The first kappa shape index (κ1) is 15.4. The topological polar surface area (TPSA) is 70.2 Å². The highest BCUT2D eigenvalue weighted by Crippen LogP contribution is 2.22. The standard InChI is InChI=1S/C16H23N3O2/c1-3-11(2)19-15(20)7-9-18-16(21)13-4-5-14-12(10-13)6-8-17-14/h4-5,10-11,17H,3,6-9H2,1-2H3,(H,18,21)(H,19,20). The predicted molar refractivity (Wildman–Crippen MR) is 83.5 cm³/mol. The number of fused-ring (bicyclic) bond motifs is 1. The van der Waals surface area contributed by atoms with Crippen LogP contribution in [0.5, 0.6) is 0 Å². The summed E-state index contributed by atoms with van der Waals surface area (Å²) in [5.41, 5.74) is 2.94. The minimum absolute atomic E-state index is 0.0252. The maximum absolute atomic E-state index is 12.0. The lowest BCUT2D eigenvalue weighted by molar-refractivity contribution is -0.121. The molecule has 0 radical (unpaired) electrons. The zero-order valence-electron chi connectivity index (χ0n) is 12.7. The van der Waals surface area contributed by atoms with Gasteiger partial charge in [0.1, 0.15) is 0 Å². The summed E-state index contributed by atoms with van der Waals surface area (Å²) < 4.78 is 0. The number of nitrogens with one attached hydrogen (secondary N) is 3. The lowest BCUT2D eigenvalue weighted by Crippen LogP contribution is -2.35. The molecule has 1 heterocycles. The van der Waals surface area contributed by atoms with Gasteiger partial charge in [-0.15, -0.1) is 0 Å². The maximum atomic E-state index is 12.0. The summed E-state index contributed by atoms with van der Waals surface area (Å²) in [5.74, 6) is -0.149. The van der Waals surface area contributed by atoms with Crippen LogP contribution in [0.25, 0.3) is 0 Å². The number of rotatable bonds is 6. The van der Waals surface area contributed by atoms with E-state index in [2.05, 4.69) is 16.0 Å². The molecule has 0 spiro atoms. The van der Waals surface area contributed by atoms with Crippen molar-refractivity contribution < 1.29 is 9.59 Å². The van der Waals surface area contributed by atoms with Crippen LogP contribution in [0.2, 0.25) is 0 Å². The second kappa shape index (κ2) is 7.11. The van der Waals surface area contributed by atoms with E-state index in [1.807, 2.05) is 32.0 Å². The highest BCUT2D eigenvalue weighted by molar-refractivity contribution is 5.95. The van der Waals surface area contributed by atoms with Gasteiger partial charge in [-0.25, -0.2) is 0 Å². The third kappa shape index (κ3) is 4.21. The Bertz CT molecular complexity index is 528. The fourth-order valence-electron chi connectivity index (χ4n) is 2.29. The molecule has 1 aliphatic heterocycles. The van der Waals surface area contributed by atoms with E-state index < -0.39 is 0 Å². The lowest BCUT2D eigenvalue weighted by Gasteiger charge is -2.11. The molecule has 1 atom stereocenters. The number of hydrogen-bond donors (Lipinski definition) is 3. The number of hydrogen-bond acceptors (Lipinski definition) is 3. The highest BCUT2D eigenvalue weighted by Gasteiger charge is 2.13. The zero-order valence-corrected chi connectivity index (χ0v) is 12.7. The molecular formula is C16H23N3O2. The molecule has 2 amide bonds. The smallest absolute Gasteiger partial charge is 0.251 e. The molecule has 1 unspecified atom stereocenters. The monoisotopic (exact) mass is 289 g/mol. The van der Waals surface area contributed by atoms with Crippen molar-refractivity contribution in [3.8, 4) is 0 Å². The van der Waals surface area contributed by atoms with E-state index in [4.69, 9.17) is 0 Å². The molecule has 0 aliphatic carbocycles. The van der Waals surface area contributed by atoms with Gasteiger partial charge in [0.2, 0.25) is 5.91 Å². The van der Waals surface area contributed by atoms with Crippen molar-refractivity contribution >= 4 is 17.5 Å². The van der Waals surface area contributed by atoms with Crippen LogP contribution >= 0.6 is 0 Å². The van der Waals surface area contributed by atoms with Crippen molar-refractivity contribution in [1.82, 2.24) is 10.6 Å². The van der Waals surface area contributed by atoms with Gasteiger partial charge in [-0.05, 0) is 43.5 Å². The van der Waals surface area contributed by atoms with Crippen molar-refractivity contribution in [2.75, 3.05) is 18.4 Å². The zero-order chi connectivity index (χ0) is 15.2. The number of anilines is 1. The Hall–Kier alpha value is -2.04. The van der Waals surface area contributed by atoms with Gasteiger partial charge in [0.05, 0.1) is 0 Å². The molecule has 114 valence electrons. The summed E-state index contributed by atoms with van der Waals surface area (Å²) in [5, 5.41) is 8.93. The molecule has 5 heteroatoms. The molecule has 21 heavy (non-hydrogen) atoms. The van der Waals surface area contributed by atoms with Crippen LogP contribution in [0.3, 0.4) is 0 Å². The molecule has 1 aromatic rings. The van der Waals surface area contributed by atoms with Gasteiger partial charge in [-0.3, -0.25) is 9.59 Å². The van der Waals surface area contributed by atoms with Gasteiger partial charge in [-0.2, -0.15) is 0 Å². The molecule has 5 nitrogen and oxygen atoms in total. The second-order valence-corrected chi connectivity index (χ2v) is 5.43. The molecule has 3 N–H and O–H groups in total. The molecule has 1 aromatic carbocycles. The van der Waals surface area contributed by atoms with Crippen molar-refractivity contribution in [2.24, 2.45) is 0 Å².